The van der Waals surface area contributed by atoms with Crippen LogP contribution in [-0.2, 0) is 5.41 Å². The van der Waals surface area contributed by atoms with Gasteiger partial charge in [-0.3, -0.25) is 0 Å². The smallest absolute Gasteiger partial charge is 0.0641 e. The molecule has 0 saturated heterocycles. The lowest BCUT2D eigenvalue weighted by molar-refractivity contribution is 0.660. The highest BCUT2D eigenvalue weighted by molar-refractivity contribution is 6.26. The molecule has 0 unspecified atom stereocenters. The van der Waals surface area contributed by atoms with Gasteiger partial charge in [-0.2, -0.15) is 0 Å². The molecule has 53 heavy (non-hydrogen) atoms. The topological polar surface area (TPSA) is 9.86 Å². The highest BCUT2D eigenvalue weighted by Gasteiger charge is 2.35. The Labute approximate surface area is 308 Å². The van der Waals surface area contributed by atoms with Crippen molar-refractivity contribution in [2.45, 2.75) is 19.3 Å². The molecule has 0 atom stereocenters. The molecule has 10 aromatic rings. The normalized spacial score (nSPS) is 13.2. The molecular weight excluding hydrogens is 641 g/mol. The summed E-state index contributed by atoms with van der Waals surface area (Å²) in [6.07, 6.45) is 0. The second-order valence-corrected chi connectivity index (χ2v) is 15.0. The Balaban J connectivity index is 1.16. The van der Waals surface area contributed by atoms with Gasteiger partial charge in [-0.05, 0) is 93.0 Å². The van der Waals surface area contributed by atoms with Crippen LogP contribution in [0, 0.1) is 0 Å². The fraction of sp³-hybridized carbons (Fsp3) is 0.0588. The van der Waals surface area contributed by atoms with E-state index in [0.717, 1.165) is 5.69 Å². The first-order valence-electron chi connectivity index (χ1n) is 18.5. The van der Waals surface area contributed by atoms with Crippen LogP contribution in [-0.4, -0.2) is 9.13 Å². The summed E-state index contributed by atoms with van der Waals surface area (Å²) in [4.78, 5) is 0. The molecule has 250 valence electrons. The Hall–Kier alpha value is -6.64. The van der Waals surface area contributed by atoms with E-state index in [-0.39, 0.29) is 5.41 Å². The third-order valence-corrected chi connectivity index (χ3v) is 11.7. The zero-order chi connectivity index (χ0) is 35.3. The maximum Gasteiger partial charge on any atom is 0.0641 e. The lowest BCUT2D eigenvalue weighted by Crippen LogP contribution is -2.15. The lowest BCUT2D eigenvalue weighted by atomic mass is 9.82. The van der Waals surface area contributed by atoms with Gasteiger partial charge in [0.15, 0.2) is 0 Å². The van der Waals surface area contributed by atoms with E-state index in [1.54, 1.807) is 0 Å². The quantitative estimate of drug-likeness (QED) is 0.176. The number of nitrogens with zero attached hydrogens (tertiary/aromatic N) is 2. The van der Waals surface area contributed by atoms with E-state index in [1.807, 2.05) is 0 Å². The minimum absolute atomic E-state index is 0.0856. The zero-order valence-electron chi connectivity index (χ0n) is 29.7. The first kappa shape index (κ1) is 30.0. The summed E-state index contributed by atoms with van der Waals surface area (Å²) in [5.74, 6) is 0. The Kier molecular flexibility index (Phi) is 6.33. The second kappa shape index (κ2) is 11.2. The van der Waals surface area contributed by atoms with Gasteiger partial charge < -0.3 is 9.13 Å². The fourth-order valence-corrected chi connectivity index (χ4v) is 9.22. The van der Waals surface area contributed by atoms with Gasteiger partial charge in [0.05, 0.1) is 22.1 Å². The van der Waals surface area contributed by atoms with Crippen molar-refractivity contribution in [1.82, 2.24) is 9.13 Å². The predicted octanol–water partition coefficient (Wildman–Crippen LogP) is 13.5. The van der Waals surface area contributed by atoms with Crippen LogP contribution < -0.4 is 0 Å². The van der Waals surface area contributed by atoms with E-state index in [4.69, 9.17) is 0 Å². The SMILES string of the molecule is CC1(C)c2ccccc2-c2ccc(-n3c4ccccc4c4ccc5c(c6ccccc6n5-c5cccc(-c6cccc(-c7ccccc7)c6)c5)c43)cc21. The standard InChI is InChI=1S/C51H36N2/c1-51(2)44-23-9-6-20-39(44)40-27-26-38(32-45(40)51)53-46-24-10-7-21-41(46)42-28-29-48-49(50(42)53)43-22-8-11-25-47(43)52(48)37-19-13-18-36(31-37)35-17-12-16-34(30-35)33-14-4-3-5-15-33/h3-32H,1-2H3. The van der Waals surface area contributed by atoms with E-state index < -0.39 is 0 Å². The molecule has 0 N–H and O–H groups in total. The van der Waals surface area contributed by atoms with Gasteiger partial charge in [0.2, 0.25) is 0 Å². The number of hydrogen-bond acceptors (Lipinski definition) is 0. The third-order valence-electron chi connectivity index (χ3n) is 11.7. The van der Waals surface area contributed by atoms with E-state index >= 15 is 0 Å². The van der Waals surface area contributed by atoms with Crippen LogP contribution in [0.1, 0.15) is 25.0 Å². The second-order valence-electron chi connectivity index (χ2n) is 15.0. The molecule has 0 spiro atoms. The molecule has 0 amide bonds. The average Bonchev–Trinajstić information content (AvgIpc) is 3.81. The summed E-state index contributed by atoms with van der Waals surface area (Å²) in [6.45, 7) is 4.73. The predicted molar refractivity (Wildman–Crippen MR) is 224 cm³/mol. The van der Waals surface area contributed by atoms with Gasteiger partial charge in [-0.25, -0.2) is 0 Å². The number of para-hydroxylation sites is 2. The summed E-state index contributed by atoms with van der Waals surface area (Å²) in [6, 6.07) is 67.0. The molecule has 2 aromatic heterocycles. The zero-order valence-corrected chi connectivity index (χ0v) is 29.7. The number of benzene rings is 8. The van der Waals surface area contributed by atoms with E-state index in [9.17, 15) is 0 Å². The van der Waals surface area contributed by atoms with Gasteiger partial charge in [0.25, 0.3) is 0 Å². The molecule has 0 fully saturated rings. The molecule has 1 aliphatic carbocycles. The summed E-state index contributed by atoms with van der Waals surface area (Å²) in [7, 11) is 0. The number of hydrogen-bond donors (Lipinski definition) is 0. The molecule has 11 rings (SSSR count). The van der Waals surface area contributed by atoms with Crippen molar-refractivity contribution < 1.29 is 0 Å². The fourth-order valence-electron chi connectivity index (χ4n) is 9.22. The minimum Gasteiger partial charge on any atom is -0.309 e. The Morgan fingerprint density at radius 3 is 1.79 bits per heavy atom. The largest absolute Gasteiger partial charge is 0.309 e. The average molecular weight is 677 g/mol. The molecule has 2 heteroatoms. The molecule has 1 aliphatic rings. The lowest BCUT2D eigenvalue weighted by Gasteiger charge is -2.22. The molecule has 2 nitrogen and oxygen atoms in total. The van der Waals surface area contributed by atoms with E-state index in [2.05, 4.69) is 205 Å². The molecule has 0 saturated carbocycles. The first-order chi connectivity index (χ1) is 26.1. The molecule has 0 aliphatic heterocycles. The minimum atomic E-state index is -0.0856. The van der Waals surface area contributed by atoms with Crippen LogP contribution in [0.3, 0.4) is 0 Å². The van der Waals surface area contributed by atoms with Crippen LogP contribution >= 0.6 is 0 Å². The van der Waals surface area contributed by atoms with Crippen molar-refractivity contribution in [1.29, 1.82) is 0 Å². The highest BCUT2D eigenvalue weighted by Crippen LogP contribution is 2.50. The van der Waals surface area contributed by atoms with Crippen LogP contribution in [0.2, 0.25) is 0 Å². The van der Waals surface area contributed by atoms with Crippen molar-refractivity contribution in [2.24, 2.45) is 0 Å². The maximum atomic E-state index is 2.52. The summed E-state index contributed by atoms with van der Waals surface area (Å²) in [5.41, 5.74) is 17.4. The molecule has 0 radical (unpaired) electrons. The van der Waals surface area contributed by atoms with Crippen LogP contribution in [0.5, 0.6) is 0 Å². The summed E-state index contributed by atoms with van der Waals surface area (Å²) in [5, 5.41) is 5.06. The number of fused-ring (bicyclic) bond motifs is 10. The van der Waals surface area contributed by atoms with Gasteiger partial charge in [0, 0.05) is 38.3 Å². The van der Waals surface area contributed by atoms with Crippen molar-refractivity contribution in [3.63, 3.8) is 0 Å². The van der Waals surface area contributed by atoms with Crippen LogP contribution in [0.4, 0.5) is 0 Å². The summed E-state index contributed by atoms with van der Waals surface area (Å²) >= 11 is 0. The molecular formula is C51H36N2. The summed E-state index contributed by atoms with van der Waals surface area (Å²) < 4.78 is 4.98. The Bertz CT molecular complexity index is 3080. The monoisotopic (exact) mass is 676 g/mol. The van der Waals surface area contributed by atoms with Crippen molar-refractivity contribution in [3.8, 4) is 44.8 Å². The van der Waals surface area contributed by atoms with Gasteiger partial charge in [-0.15, -0.1) is 0 Å². The molecule has 8 aromatic carbocycles. The van der Waals surface area contributed by atoms with Crippen molar-refractivity contribution in [2.75, 3.05) is 0 Å². The van der Waals surface area contributed by atoms with Crippen LogP contribution in [0.25, 0.3) is 88.4 Å². The highest BCUT2D eigenvalue weighted by atomic mass is 15.0. The van der Waals surface area contributed by atoms with Crippen molar-refractivity contribution in [3.05, 3.63) is 193 Å². The van der Waals surface area contributed by atoms with E-state index in [0.29, 0.717) is 0 Å². The van der Waals surface area contributed by atoms with Gasteiger partial charge in [0.1, 0.15) is 0 Å². The van der Waals surface area contributed by atoms with E-state index in [1.165, 1.54) is 93.8 Å². The van der Waals surface area contributed by atoms with Crippen LogP contribution in [0.15, 0.2) is 182 Å². The van der Waals surface area contributed by atoms with Gasteiger partial charge >= 0.3 is 0 Å². The number of rotatable bonds is 4. The Morgan fingerprint density at radius 2 is 0.962 bits per heavy atom. The molecule has 0 bridgehead atoms. The number of aromatic nitrogens is 2. The molecule has 2 heterocycles. The third kappa shape index (κ3) is 4.33. The first-order valence-corrected chi connectivity index (χ1v) is 18.5. The maximum absolute atomic E-state index is 2.52. The van der Waals surface area contributed by atoms with Crippen molar-refractivity contribution >= 4 is 43.6 Å². The Morgan fingerprint density at radius 1 is 0.358 bits per heavy atom. The van der Waals surface area contributed by atoms with Gasteiger partial charge in [-0.1, -0.05) is 147 Å².